The van der Waals surface area contributed by atoms with Gasteiger partial charge in [-0.2, -0.15) is 31.4 Å². The molecule has 0 aliphatic carbocycles. The zero-order valence-electron chi connectivity index (χ0n) is 18.5. The molecule has 192 valence electrons. The lowest BCUT2D eigenvalue weighted by Crippen LogP contribution is -2.28. The summed E-state index contributed by atoms with van der Waals surface area (Å²) in [5.41, 5.74) is -3.18. The lowest BCUT2D eigenvalue weighted by Gasteiger charge is -2.16. The van der Waals surface area contributed by atoms with Gasteiger partial charge in [-0.15, -0.1) is 0 Å². The maximum atomic E-state index is 13.2. The number of halogens is 6. The zero-order chi connectivity index (χ0) is 26.5. The summed E-state index contributed by atoms with van der Waals surface area (Å²) in [5, 5.41) is 6.87. The first kappa shape index (κ1) is 24.9. The number of hydrogen-bond acceptors (Lipinski definition) is 5. The molecule has 1 aliphatic heterocycles. The van der Waals surface area contributed by atoms with Crippen molar-refractivity contribution in [3.63, 3.8) is 0 Å². The summed E-state index contributed by atoms with van der Waals surface area (Å²) >= 11 is 1.21. The maximum Gasteiger partial charge on any atom is 0.416 e. The van der Waals surface area contributed by atoms with Crippen molar-refractivity contribution in [1.82, 2.24) is 19.3 Å². The topological polar surface area (TPSA) is 81.8 Å². The highest BCUT2D eigenvalue weighted by Gasteiger charge is 2.37. The molecule has 0 fully saturated rings. The minimum absolute atomic E-state index is 0.0222. The van der Waals surface area contributed by atoms with Crippen LogP contribution in [0, 0.1) is 0 Å². The summed E-state index contributed by atoms with van der Waals surface area (Å²) < 4.78 is 81.5. The average molecular weight is 539 g/mol. The van der Waals surface area contributed by atoms with Crippen LogP contribution in [0.4, 0.5) is 32.0 Å². The van der Waals surface area contributed by atoms with Crippen LogP contribution in [0.5, 0.6) is 0 Å². The van der Waals surface area contributed by atoms with Crippen LogP contribution in [0.2, 0.25) is 0 Å². The van der Waals surface area contributed by atoms with Crippen LogP contribution in [0.3, 0.4) is 0 Å². The monoisotopic (exact) mass is 539 g/mol. The highest BCUT2D eigenvalue weighted by molar-refractivity contribution is 7.99. The second kappa shape index (κ2) is 8.94. The molecule has 0 radical (unpaired) electrons. The molecule has 1 atom stereocenters. The van der Waals surface area contributed by atoms with Crippen LogP contribution < -0.4 is 10.9 Å². The van der Waals surface area contributed by atoms with E-state index < -0.39 is 46.7 Å². The fraction of sp³-hybridized carbons (Fsp3) is 0.217. The van der Waals surface area contributed by atoms with Gasteiger partial charge in [0.25, 0.3) is 5.56 Å². The van der Waals surface area contributed by atoms with Crippen molar-refractivity contribution in [2.45, 2.75) is 30.0 Å². The van der Waals surface area contributed by atoms with Gasteiger partial charge in [-0.1, -0.05) is 30.0 Å². The Bertz CT molecular complexity index is 1530. The Hall–Kier alpha value is -3.81. The summed E-state index contributed by atoms with van der Waals surface area (Å²) in [4.78, 5) is 30.3. The smallest absolute Gasteiger partial charge is 0.326 e. The van der Waals surface area contributed by atoms with E-state index in [1.807, 2.05) is 6.07 Å². The number of carbonyl (C=O) groups is 1. The molecule has 1 aliphatic rings. The standard InChI is InChI=1S/C23H15F6N5O2S/c24-22(25,26)12-6-13(23(27,28)29)8-14(7-12)31-18(35)9-16-11-37-21-32-19-17(20(36)33(16)21)10-30-34(19)15-4-2-1-3-5-15/h1-8,10,16H,9,11H2,(H,31,35). The molecule has 4 aromatic rings. The average Bonchev–Trinajstić information content (AvgIpc) is 3.43. The fourth-order valence-corrected chi connectivity index (χ4v) is 5.12. The molecule has 0 saturated heterocycles. The molecule has 3 heterocycles. The Kier molecular flexibility index (Phi) is 6.01. The van der Waals surface area contributed by atoms with E-state index in [-0.39, 0.29) is 23.6 Å². The van der Waals surface area contributed by atoms with Crippen molar-refractivity contribution in [2.24, 2.45) is 0 Å². The quantitative estimate of drug-likeness (QED) is 0.281. The molecule has 37 heavy (non-hydrogen) atoms. The number of nitrogens with one attached hydrogen (secondary N) is 1. The molecule has 1 amide bonds. The third-order valence-corrected chi connectivity index (χ3v) is 6.76. The minimum atomic E-state index is -5.05. The van der Waals surface area contributed by atoms with Gasteiger partial charge in [-0.05, 0) is 30.3 Å². The number of nitrogens with zero attached hydrogens (tertiary/aromatic N) is 4. The minimum Gasteiger partial charge on any atom is -0.326 e. The number of anilines is 1. The molecule has 2 aromatic heterocycles. The number of para-hydroxylation sites is 1. The molecule has 5 rings (SSSR count). The molecular formula is C23H15F6N5O2S. The number of fused-ring (bicyclic) bond motifs is 2. The number of carbonyl (C=O) groups excluding carboxylic acids is 1. The number of amides is 1. The first-order chi connectivity index (χ1) is 17.4. The lowest BCUT2D eigenvalue weighted by atomic mass is 10.1. The van der Waals surface area contributed by atoms with Crippen molar-refractivity contribution >= 4 is 34.4 Å². The third kappa shape index (κ3) is 4.80. The number of alkyl halides is 6. The van der Waals surface area contributed by atoms with Crippen LogP contribution in [-0.2, 0) is 17.1 Å². The van der Waals surface area contributed by atoms with Crippen LogP contribution in [-0.4, -0.2) is 31.0 Å². The Morgan fingerprint density at radius 2 is 1.68 bits per heavy atom. The molecule has 7 nitrogen and oxygen atoms in total. The van der Waals surface area contributed by atoms with E-state index in [0.717, 1.165) is 0 Å². The van der Waals surface area contributed by atoms with Gasteiger partial charge in [-0.25, -0.2) is 9.67 Å². The van der Waals surface area contributed by atoms with Gasteiger partial charge in [0.15, 0.2) is 10.8 Å². The number of benzene rings is 2. The molecule has 1 N–H and O–H groups in total. The van der Waals surface area contributed by atoms with E-state index in [1.165, 1.54) is 27.2 Å². The van der Waals surface area contributed by atoms with E-state index in [1.54, 1.807) is 24.3 Å². The van der Waals surface area contributed by atoms with Gasteiger partial charge >= 0.3 is 12.4 Å². The maximum absolute atomic E-state index is 13.2. The van der Waals surface area contributed by atoms with Gasteiger partial charge in [0, 0.05) is 17.9 Å². The van der Waals surface area contributed by atoms with E-state index in [9.17, 15) is 35.9 Å². The van der Waals surface area contributed by atoms with E-state index in [0.29, 0.717) is 28.6 Å². The SMILES string of the molecule is O=C(CC1CSc2nc3c(cnn3-c3ccccc3)c(=O)n21)Nc1cc(C(F)(F)F)cc(C(F)(F)F)c1. The molecule has 0 spiro atoms. The molecule has 14 heteroatoms. The van der Waals surface area contributed by atoms with E-state index in [2.05, 4.69) is 15.4 Å². The molecular weight excluding hydrogens is 524 g/mol. The lowest BCUT2D eigenvalue weighted by molar-refractivity contribution is -0.143. The largest absolute Gasteiger partial charge is 0.416 e. The number of hydrogen-bond donors (Lipinski definition) is 1. The van der Waals surface area contributed by atoms with E-state index >= 15 is 0 Å². The van der Waals surface area contributed by atoms with Gasteiger partial charge in [0.2, 0.25) is 5.91 Å². The van der Waals surface area contributed by atoms with Crippen LogP contribution in [0.15, 0.2) is 64.7 Å². The van der Waals surface area contributed by atoms with Crippen LogP contribution in [0.1, 0.15) is 23.6 Å². The summed E-state index contributed by atoms with van der Waals surface area (Å²) in [6.45, 7) is 0. The summed E-state index contributed by atoms with van der Waals surface area (Å²) in [5.74, 6) is -0.588. The Labute approximate surface area is 208 Å². The fourth-order valence-electron chi connectivity index (χ4n) is 3.99. The third-order valence-electron chi connectivity index (χ3n) is 5.66. The van der Waals surface area contributed by atoms with Gasteiger partial charge in [0.1, 0.15) is 5.39 Å². The highest BCUT2D eigenvalue weighted by Crippen LogP contribution is 2.38. The van der Waals surface area contributed by atoms with Crippen molar-refractivity contribution in [3.05, 3.63) is 76.2 Å². The molecule has 0 saturated carbocycles. The highest BCUT2D eigenvalue weighted by atomic mass is 32.2. The number of thioether (sulfide) groups is 1. The van der Waals surface area contributed by atoms with Crippen molar-refractivity contribution < 1.29 is 31.1 Å². The van der Waals surface area contributed by atoms with E-state index in [4.69, 9.17) is 0 Å². The van der Waals surface area contributed by atoms with Crippen molar-refractivity contribution in [1.29, 1.82) is 0 Å². The summed E-state index contributed by atoms with van der Waals surface area (Å²) in [7, 11) is 0. The molecule has 1 unspecified atom stereocenters. The van der Waals surface area contributed by atoms with Crippen molar-refractivity contribution in [2.75, 3.05) is 11.1 Å². The summed E-state index contributed by atoms with van der Waals surface area (Å²) in [6, 6.07) is 9.13. The Balaban J connectivity index is 1.42. The van der Waals surface area contributed by atoms with Crippen LogP contribution >= 0.6 is 11.8 Å². The molecule has 2 aromatic carbocycles. The van der Waals surface area contributed by atoms with Crippen molar-refractivity contribution in [3.8, 4) is 5.69 Å². The summed E-state index contributed by atoms with van der Waals surface area (Å²) in [6.07, 6.45) is -9.10. The van der Waals surface area contributed by atoms with Gasteiger partial charge in [0.05, 0.1) is 29.1 Å². The predicted molar refractivity (Wildman–Crippen MR) is 123 cm³/mol. The predicted octanol–water partition coefficient (Wildman–Crippen LogP) is 5.30. The Morgan fingerprint density at radius 3 is 2.30 bits per heavy atom. The zero-order valence-corrected chi connectivity index (χ0v) is 19.3. The molecule has 0 bridgehead atoms. The first-order valence-corrected chi connectivity index (χ1v) is 11.7. The Morgan fingerprint density at radius 1 is 1.03 bits per heavy atom. The number of aromatic nitrogens is 4. The number of rotatable bonds is 4. The van der Waals surface area contributed by atoms with Crippen LogP contribution in [0.25, 0.3) is 16.7 Å². The second-order valence-electron chi connectivity index (χ2n) is 8.21. The van der Waals surface area contributed by atoms with Gasteiger partial charge in [-0.3, -0.25) is 14.2 Å². The normalized spacial score (nSPS) is 15.7. The second-order valence-corrected chi connectivity index (χ2v) is 9.20. The first-order valence-electron chi connectivity index (χ1n) is 10.7. The van der Waals surface area contributed by atoms with Gasteiger partial charge < -0.3 is 5.32 Å².